The zero-order valence-corrected chi connectivity index (χ0v) is 9.41. The number of nitrogens with two attached hydrogens (primary N) is 1. The Hall–Kier alpha value is -0.740. The molecule has 0 radical (unpaired) electrons. The Balaban J connectivity index is 2.83. The van der Waals surface area contributed by atoms with Gasteiger partial charge in [-0.3, -0.25) is 0 Å². The topological polar surface area (TPSA) is 35.2 Å². The number of methoxy groups -OCH3 is 1. The Morgan fingerprint density at radius 1 is 1.46 bits per heavy atom. The van der Waals surface area contributed by atoms with Crippen molar-refractivity contribution < 1.29 is 4.74 Å². The van der Waals surface area contributed by atoms with E-state index in [0.717, 1.165) is 25.3 Å². The van der Waals surface area contributed by atoms with E-state index in [1.54, 1.807) is 18.4 Å². The molecule has 0 saturated heterocycles. The molecule has 2 N–H and O–H groups in total. The molecule has 2 rings (SSSR count). The number of benzene rings is 1. The second-order valence-corrected chi connectivity index (χ2v) is 5.08. The summed E-state index contributed by atoms with van der Waals surface area (Å²) < 4.78 is 7.39. The standard InChI is InChI=1S/C9H8BrNOS/c1-12-7-3-2-6(11)5-4-8(10)13-9(5)7/h2-4H,11H2,1H3. The largest absolute Gasteiger partial charge is 0.495 e. The molecule has 0 atom stereocenters. The molecule has 0 spiro atoms. The molecule has 2 aromatic rings. The molecule has 1 aromatic carbocycles. The lowest BCUT2D eigenvalue weighted by molar-refractivity contribution is 0.420. The third kappa shape index (κ3) is 1.40. The molecule has 0 aliphatic heterocycles. The molecular weight excluding hydrogens is 250 g/mol. The van der Waals surface area contributed by atoms with Crippen LogP contribution < -0.4 is 10.5 Å². The van der Waals surface area contributed by atoms with Gasteiger partial charge in [-0.15, -0.1) is 11.3 Å². The molecule has 2 nitrogen and oxygen atoms in total. The van der Waals surface area contributed by atoms with E-state index in [-0.39, 0.29) is 0 Å². The minimum atomic E-state index is 0.790. The van der Waals surface area contributed by atoms with Crippen LogP contribution in [0.25, 0.3) is 10.1 Å². The van der Waals surface area contributed by atoms with Gasteiger partial charge in [0.25, 0.3) is 0 Å². The summed E-state index contributed by atoms with van der Waals surface area (Å²) in [6.07, 6.45) is 0. The van der Waals surface area contributed by atoms with E-state index < -0.39 is 0 Å². The van der Waals surface area contributed by atoms with Crippen LogP contribution in [-0.2, 0) is 0 Å². The van der Waals surface area contributed by atoms with Gasteiger partial charge in [-0.1, -0.05) is 0 Å². The average molecular weight is 258 g/mol. The molecule has 1 aromatic heterocycles. The maximum absolute atomic E-state index is 5.82. The van der Waals surface area contributed by atoms with Crippen LogP contribution in [0.2, 0.25) is 0 Å². The number of thiophene rings is 1. The Bertz CT molecular complexity index is 452. The van der Waals surface area contributed by atoms with Gasteiger partial charge in [-0.05, 0) is 34.1 Å². The van der Waals surface area contributed by atoms with Gasteiger partial charge in [0.1, 0.15) is 5.75 Å². The van der Waals surface area contributed by atoms with Crippen LogP contribution in [0.1, 0.15) is 0 Å². The summed E-state index contributed by atoms with van der Waals surface area (Å²) in [5.74, 6) is 0.875. The number of nitrogen functional groups attached to an aromatic ring is 1. The van der Waals surface area contributed by atoms with Gasteiger partial charge in [-0.25, -0.2) is 0 Å². The van der Waals surface area contributed by atoms with Crippen molar-refractivity contribution in [1.82, 2.24) is 0 Å². The molecule has 13 heavy (non-hydrogen) atoms. The minimum absolute atomic E-state index is 0.790. The van der Waals surface area contributed by atoms with E-state index in [4.69, 9.17) is 10.5 Å². The predicted molar refractivity (Wildman–Crippen MR) is 60.5 cm³/mol. The molecule has 1 heterocycles. The highest BCUT2D eigenvalue weighted by atomic mass is 79.9. The van der Waals surface area contributed by atoms with Crippen LogP contribution in [0.4, 0.5) is 5.69 Å². The highest BCUT2D eigenvalue weighted by Crippen LogP contribution is 2.38. The third-order valence-electron chi connectivity index (χ3n) is 1.87. The zero-order chi connectivity index (χ0) is 9.42. The Morgan fingerprint density at radius 2 is 2.23 bits per heavy atom. The van der Waals surface area contributed by atoms with Crippen molar-refractivity contribution in [2.24, 2.45) is 0 Å². The lowest BCUT2D eigenvalue weighted by atomic mass is 10.2. The molecule has 0 amide bonds. The number of anilines is 1. The fourth-order valence-electron chi connectivity index (χ4n) is 1.25. The maximum Gasteiger partial charge on any atom is 0.136 e. The summed E-state index contributed by atoms with van der Waals surface area (Å²) in [6.45, 7) is 0. The predicted octanol–water partition coefficient (Wildman–Crippen LogP) is 3.25. The van der Waals surface area contributed by atoms with Crippen LogP contribution in [-0.4, -0.2) is 7.11 Å². The lowest BCUT2D eigenvalue weighted by Crippen LogP contribution is -1.87. The first kappa shape index (κ1) is 8.84. The van der Waals surface area contributed by atoms with Gasteiger partial charge in [0.2, 0.25) is 0 Å². The van der Waals surface area contributed by atoms with E-state index in [2.05, 4.69) is 15.9 Å². The first-order valence-electron chi connectivity index (χ1n) is 3.74. The fraction of sp³-hybridized carbons (Fsp3) is 0.111. The fourth-order valence-corrected chi connectivity index (χ4v) is 2.88. The SMILES string of the molecule is COc1ccc(N)c2cc(Br)sc12. The van der Waals surface area contributed by atoms with E-state index in [1.165, 1.54) is 0 Å². The monoisotopic (exact) mass is 257 g/mol. The van der Waals surface area contributed by atoms with Crippen molar-refractivity contribution in [3.05, 3.63) is 22.0 Å². The Kier molecular flexibility index (Phi) is 2.17. The van der Waals surface area contributed by atoms with Crippen molar-refractivity contribution in [3.63, 3.8) is 0 Å². The second kappa shape index (κ2) is 3.20. The van der Waals surface area contributed by atoms with Crippen molar-refractivity contribution in [1.29, 1.82) is 0 Å². The van der Waals surface area contributed by atoms with Gasteiger partial charge in [-0.2, -0.15) is 0 Å². The van der Waals surface area contributed by atoms with Crippen LogP contribution in [0, 0.1) is 0 Å². The van der Waals surface area contributed by atoms with Crippen molar-refractivity contribution in [2.75, 3.05) is 12.8 Å². The molecular formula is C9H8BrNOS. The highest BCUT2D eigenvalue weighted by molar-refractivity contribution is 9.11. The van der Waals surface area contributed by atoms with Crippen LogP contribution in [0.15, 0.2) is 22.0 Å². The number of fused-ring (bicyclic) bond motifs is 1. The van der Waals surface area contributed by atoms with Crippen molar-refractivity contribution >= 4 is 43.0 Å². The van der Waals surface area contributed by atoms with E-state index in [1.807, 2.05) is 18.2 Å². The number of hydrogen-bond donors (Lipinski definition) is 1. The summed E-state index contributed by atoms with van der Waals surface area (Å²) in [4.78, 5) is 0. The number of rotatable bonds is 1. The Labute approximate surface area is 88.4 Å². The van der Waals surface area contributed by atoms with Crippen LogP contribution >= 0.6 is 27.3 Å². The average Bonchev–Trinajstić information content (AvgIpc) is 2.48. The zero-order valence-electron chi connectivity index (χ0n) is 7.00. The third-order valence-corrected chi connectivity index (χ3v) is 3.52. The first-order chi connectivity index (χ1) is 6.22. The van der Waals surface area contributed by atoms with Crippen molar-refractivity contribution in [2.45, 2.75) is 0 Å². The number of ether oxygens (including phenoxy) is 1. The van der Waals surface area contributed by atoms with Crippen LogP contribution in [0.3, 0.4) is 0 Å². The smallest absolute Gasteiger partial charge is 0.136 e. The van der Waals surface area contributed by atoms with Gasteiger partial charge in [0.05, 0.1) is 15.6 Å². The summed E-state index contributed by atoms with van der Waals surface area (Å²) in [5.41, 5.74) is 6.61. The summed E-state index contributed by atoms with van der Waals surface area (Å²) in [6, 6.07) is 5.76. The Morgan fingerprint density at radius 3 is 2.92 bits per heavy atom. The molecule has 0 saturated carbocycles. The molecule has 0 bridgehead atoms. The maximum atomic E-state index is 5.82. The second-order valence-electron chi connectivity index (χ2n) is 2.65. The summed E-state index contributed by atoms with van der Waals surface area (Å²) in [7, 11) is 1.67. The normalized spacial score (nSPS) is 10.6. The minimum Gasteiger partial charge on any atom is -0.495 e. The van der Waals surface area contributed by atoms with Gasteiger partial charge < -0.3 is 10.5 Å². The van der Waals surface area contributed by atoms with E-state index in [9.17, 15) is 0 Å². The van der Waals surface area contributed by atoms with E-state index in [0.29, 0.717) is 0 Å². The number of hydrogen-bond acceptors (Lipinski definition) is 3. The molecule has 0 unspecified atom stereocenters. The molecule has 68 valence electrons. The first-order valence-corrected chi connectivity index (χ1v) is 5.35. The number of halogens is 1. The molecule has 0 aliphatic rings. The highest BCUT2D eigenvalue weighted by Gasteiger charge is 2.07. The van der Waals surface area contributed by atoms with Crippen LogP contribution in [0.5, 0.6) is 5.75 Å². The van der Waals surface area contributed by atoms with Gasteiger partial charge >= 0.3 is 0 Å². The molecule has 0 aliphatic carbocycles. The molecule has 0 fully saturated rings. The summed E-state index contributed by atoms with van der Waals surface area (Å²) in [5, 5.41) is 1.05. The van der Waals surface area contributed by atoms with E-state index >= 15 is 0 Å². The summed E-state index contributed by atoms with van der Waals surface area (Å²) >= 11 is 5.06. The quantitative estimate of drug-likeness (QED) is 0.797. The van der Waals surface area contributed by atoms with Crippen molar-refractivity contribution in [3.8, 4) is 5.75 Å². The van der Waals surface area contributed by atoms with Gasteiger partial charge in [0, 0.05) is 11.1 Å². The molecule has 4 heteroatoms. The lowest BCUT2D eigenvalue weighted by Gasteiger charge is -2.02. The van der Waals surface area contributed by atoms with Gasteiger partial charge in [0.15, 0.2) is 0 Å².